The van der Waals surface area contributed by atoms with Crippen LogP contribution >= 0.6 is 0 Å². The van der Waals surface area contributed by atoms with Crippen LogP contribution in [0, 0.1) is 0 Å². The van der Waals surface area contributed by atoms with Gasteiger partial charge in [0.15, 0.2) is 0 Å². The highest BCUT2D eigenvalue weighted by molar-refractivity contribution is 6.33. The number of carboxylic acids is 1. The third kappa shape index (κ3) is 2.79. The maximum Gasteiger partial charge on any atom is 0.414 e. The van der Waals surface area contributed by atoms with Crippen molar-refractivity contribution >= 4 is 11.7 Å². The summed E-state index contributed by atoms with van der Waals surface area (Å²) in [6.45, 7) is 1.76. The van der Waals surface area contributed by atoms with Crippen molar-refractivity contribution in [2.45, 2.75) is 13.3 Å². The van der Waals surface area contributed by atoms with Gasteiger partial charge in [0.1, 0.15) is 0 Å². The number of allylic oxidation sites excluding steroid dienone is 2. The van der Waals surface area contributed by atoms with E-state index in [9.17, 15) is 4.79 Å². The molecule has 0 saturated carbocycles. The number of carbonyl (C=O) groups is 1. The van der Waals surface area contributed by atoms with Crippen LogP contribution in [0.15, 0.2) is 12.2 Å². The first-order chi connectivity index (χ1) is 4.72. The predicted octanol–water partition coefficient (Wildman–Crippen LogP) is 0.708. The van der Waals surface area contributed by atoms with Crippen LogP contribution in [0.5, 0.6) is 0 Å². The zero-order valence-electron chi connectivity index (χ0n) is 5.61. The average Bonchev–Trinajstić information content (AvgIpc) is 1.89. The Morgan fingerprint density at radius 1 is 1.80 bits per heavy atom. The molecule has 10 heavy (non-hydrogen) atoms. The van der Waals surface area contributed by atoms with Gasteiger partial charge in [-0.25, -0.2) is 4.79 Å². The van der Waals surface area contributed by atoms with Crippen molar-refractivity contribution in [3.05, 3.63) is 17.7 Å². The van der Waals surface area contributed by atoms with Crippen molar-refractivity contribution in [1.29, 1.82) is 0 Å². The molecule has 0 saturated heterocycles. The van der Waals surface area contributed by atoms with Gasteiger partial charge in [-0.15, -0.1) is 0 Å². The Bertz CT molecular complexity index is 202. The van der Waals surface area contributed by atoms with Gasteiger partial charge in [0.2, 0.25) is 0 Å². The Morgan fingerprint density at radius 2 is 2.40 bits per heavy atom. The lowest BCUT2D eigenvalue weighted by Gasteiger charge is -1.80. The number of carboxylic acid groups (broad SMARTS) is 1. The molecule has 0 aliphatic heterocycles. The zero-order valence-corrected chi connectivity index (χ0v) is 5.61. The van der Waals surface area contributed by atoms with E-state index in [2.05, 4.69) is 4.79 Å². The molecule has 0 bridgehead atoms. The van der Waals surface area contributed by atoms with Crippen molar-refractivity contribution in [3.63, 3.8) is 0 Å². The Balaban J connectivity index is 4.13. The Labute approximate surface area is 58.4 Å². The molecule has 0 fully saturated rings. The van der Waals surface area contributed by atoms with Gasteiger partial charge in [-0.05, 0) is 6.92 Å². The maximum atomic E-state index is 10.1. The molecule has 54 valence electrons. The number of nitrogens with zero attached hydrogens (tertiary/aromatic N) is 2. The summed E-state index contributed by atoms with van der Waals surface area (Å²) in [5.41, 5.74) is 7.84. The van der Waals surface area contributed by atoms with Crippen molar-refractivity contribution < 1.29 is 14.7 Å². The van der Waals surface area contributed by atoms with E-state index in [0.717, 1.165) is 0 Å². The van der Waals surface area contributed by atoms with E-state index in [-0.39, 0.29) is 12.1 Å². The number of hydrogen-bond donors (Lipinski definition) is 1. The molecule has 0 atom stereocenters. The van der Waals surface area contributed by atoms with Crippen LogP contribution in [0.1, 0.15) is 13.3 Å². The van der Waals surface area contributed by atoms with Crippen LogP contribution in [0.4, 0.5) is 0 Å². The fourth-order valence-electron chi connectivity index (χ4n) is 0.400. The second-order valence-electron chi connectivity index (χ2n) is 1.63. The molecular formula is C6H8N2O2. The molecular weight excluding hydrogens is 132 g/mol. The molecule has 0 heterocycles. The summed E-state index contributed by atoms with van der Waals surface area (Å²) >= 11 is 0. The van der Waals surface area contributed by atoms with E-state index in [1.165, 1.54) is 0 Å². The van der Waals surface area contributed by atoms with Gasteiger partial charge in [0.25, 0.3) is 0 Å². The van der Waals surface area contributed by atoms with E-state index < -0.39 is 5.97 Å². The summed E-state index contributed by atoms with van der Waals surface area (Å²) in [4.78, 5) is 12.7. The molecule has 0 aliphatic carbocycles. The summed E-state index contributed by atoms with van der Waals surface area (Å²) in [6.07, 6.45) is 3.44. The number of aliphatic carboxylic acids is 1. The minimum Gasteiger partial charge on any atom is -0.473 e. The smallest absolute Gasteiger partial charge is 0.414 e. The lowest BCUT2D eigenvalue weighted by Crippen LogP contribution is -2.12. The summed E-state index contributed by atoms with van der Waals surface area (Å²) < 4.78 is 0. The topological polar surface area (TPSA) is 73.7 Å². The zero-order chi connectivity index (χ0) is 7.98. The Kier molecular flexibility index (Phi) is 3.84. The molecule has 0 aromatic heterocycles. The first-order valence-corrected chi connectivity index (χ1v) is 2.77. The van der Waals surface area contributed by atoms with Crippen LogP contribution in [0.3, 0.4) is 0 Å². The van der Waals surface area contributed by atoms with Crippen molar-refractivity contribution in [2.24, 2.45) is 0 Å². The van der Waals surface area contributed by atoms with Gasteiger partial charge in [0.05, 0.1) is 6.42 Å². The molecule has 0 aromatic rings. The highest BCUT2D eigenvalue weighted by Crippen LogP contribution is 1.84. The fourth-order valence-corrected chi connectivity index (χ4v) is 0.400. The SMILES string of the molecule is CC=CCC(=[N+]=[N-])C(=O)O. The van der Waals surface area contributed by atoms with E-state index in [4.69, 9.17) is 10.6 Å². The van der Waals surface area contributed by atoms with Crippen molar-refractivity contribution in [2.75, 3.05) is 0 Å². The molecule has 0 rings (SSSR count). The van der Waals surface area contributed by atoms with Gasteiger partial charge in [-0.3, -0.25) is 0 Å². The number of hydrogen-bond acceptors (Lipinski definition) is 1. The largest absolute Gasteiger partial charge is 0.473 e. The van der Waals surface area contributed by atoms with Crippen molar-refractivity contribution in [1.82, 2.24) is 0 Å². The molecule has 0 amide bonds. The van der Waals surface area contributed by atoms with E-state index in [1.54, 1.807) is 19.1 Å². The monoisotopic (exact) mass is 140 g/mol. The summed E-state index contributed by atoms with van der Waals surface area (Å²) in [5.74, 6) is -1.19. The van der Waals surface area contributed by atoms with Gasteiger partial charge in [-0.2, -0.15) is 4.79 Å². The fraction of sp³-hybridized carbons (Fsp3) is 0.333. The van der Waals surface area contributed by atoms with Crippen LogP contribution in [-0.2, 0) is 4.79 Å². The average molecular weight is 140 g/mol. The van der Waals surface area contributed by atoms with Gasteiger partial charge in [-0.1, -0.05) is 12.2 Å². The van der Waals surface area contributed by atoms with Gasteiger partial charge in [0, 0.05) is 0 Å². The molecule has 0 radical (unpaired) electrons. The molecule has 4 heteroatoms. The lowest BCUT2D eigenvalue weighted by atomic mass is 10.2. The highest BCUT2D eigenvalue weighted by atomic mass is 16.4. The predicted molar refractivity (Wildman–Crippen MR) is 35.7 cm³/mol. The van der Waals surface area contributed by atoms with E-state index in [0.29, 0.717) is 0 Å². The standard InChI is InChI=1S/C6H8N2O2/c1-2-3-4-5(8-7)6(9)10/h2-3H,4H2,1H3,(H,9,10). The molecule has 4 nitrogen and oxygen atoms in total. The summed E-state index contributed by atoms with van der Waals surface area (Å²) in [7, 11) is 0. The minimum atomic E-state index is -1.19. The molecule has 0 unspecified atom stereocenters. The number of rotatable bonds is 3. The highest BCUT2D eigenvalue weighted by Gasteiger charge is 2.15. The van der Waals surface area contributed by atoms with Crippen LogP contribution < -0.4 is 0 Å². The van der Waals surface area contributed by atoms with Crippen molar-refractivity contribution in [3.8, 4) is 0 Å². The summed E-state index contributed by atoms with van der Waals surface area (Å²) in [5, 5.41) is 8.28. The minimum absolute atomic E-state index is 0.155. The van der Waals surface area contributed by atoms with Gasteiger partial charge >= 0.3 is 11.7 Å². The molecule has 0 aliphatic rings. The summed E-state index contributed by atoms with van der Waals surface area (Å²) in [6, 6.07) is 0. The van der Waals surface area contributed by atoms with Crippen LogP contribution in [-0.4, -0.2) is 21.6 Å². The molecule has 0 aromatic carbocycles. The normalized spacial score (nSPS) is 9.30. The van der Waals surface area contributed by atoms with E-state index in [1.807, 2.05) is 0 Å². The third-order valence-electron chi connectivity index (χ3n) is 0.914. The third-order valence-corrected chi connectivity index (χ3v) is 0.914. The lowest BCUT2D eigenvalue weighted by molar-refractivity contribution is -0.134. The second kappa shape index (κ2) is 4.47. The van der Waals surface area contributed by atoms with Gasteiger partial charge < -0.3 is 10.6 Å². The first kappa shape index (κ1) is 8.59. The Morgan fingerprint density at radius 3 is 2.70 bits per heavy atom. The van der Waals surface area contributed by atoms with Crippen LogP contribution in [0.25, 0.3) is 5.53 Å². The second-order valence-corrected chi connectivity index (χ2v) is 1.63. The molecule has 0 spiro atoms. The quantitative estimate of drug-likeness (QED) is 0.271. The Hall–Kier alpha value is -1.41. The maximum absolute atomic E-state index is 10.1. The first-order valence-electron chi connectivity index (χ1n) is 2.77. The molecule has 1 N–H and O–H groups in total. The van der Waals surface area contributed by atoms with E-state index >= 15 is 0 Å². The van der Waals surface area contributed by atoms with Crippen LogP contribution in [0.2, 0.25) is 0 Å².